The van der Waals surface area contributed by atoms with Gasteiger partial charge < -0.3 is 19.9 Å². The Kier molecular flexibility index (Phi) is 7.74. The van der Waals surface area contributed by atoms with E-state index in [1.54, 1.807) is 0 Å². The standard InChI is InChI=1S/C23H27F2N3O4/c1-27(12-15-4-2-3-5-15)8-9-28-13-18(21(30)22(31)20(28)14-29)23(32)26-11-16-6-7-17(24)10-19(16)25/h6-7,10,13-15,31H,2-5,8-9,11-12H2,1H3,(H,26,32). The molecule has 3 rings (SSSR count). The molecule has 1 heterocycles. The molecular formula is C23H27F2N3O4. The summed E-state index contributed by atoms with van der Waals surface area (Å²) < 4.78 is 28.2. The molecule has 0 atom stereocenters. The Morgan fingerprint density at radius 3 is 2.69 bits per heavy atom. The number of amides is 1. The van der Waals surface area contributed by atoms with Crippen LogP contribution >= 0.6 is 0 Å². The lowest BCUT2D eigenvalue weighted by Gasteiger charge is -2.22. The quantitative estimate of drug-likeness (QED) is 0.577. The van der Waals surface area contributed by atoms with E-state index in [4.69, 9.17) is 0 Å². The third kappa shape index (κ3) is 5.59. The van der Waals surface area contributed by atoms with Crippen molar-refractivity contribution in [2.75, 3.05) is 20.1 Å². The van der Waals surface area contributed by atoms with Crippen molar-refractivity contribution in [1.82, 2.24) is 14.8 Å². The van der Waals surface area contributed by atoms with Gasteiger partial charge in [-0.2, -0.15) is 0 Å². The summed E-state index contributed by atoms with van der Waals surface area (Å²) in [5, 5.41) is 12.6. The molecule has 32 heavy (non-hydrogen) atoms. The van der Waals surface area contributed by atoms with Gasteiger partial charge in [0, 0.05) is 44.0 Å². The summed E-state index contributed by atoms with van der Waals surface area (Å²) in [5.74, 6) is -2.57. The summed E-state index contributed by atoms with van der Waals surface area (Å²) in [4.78, 5) is 38.6. The SMILES string of the molecule is CN(CCn1cc(C(=O)NCc2ccc(F)cc2F)c(=O)c(O)c1C=O)CC1CCCC1. The van der Waals surface area contributed by atoms with Crippen LogP contribution in [0.5, 0.6) is 5.75 Å². The molecule has 1 aliphatic carbocycles. The number of hydrogen-bond acceptors (Lipinski definition) is 5. The third-order valence-electron chi connectivity index (χ3n) is 5.87. The molecule has 172 valence electrons. The number of carbonyl (C=O) groups is 2. The number of halogens is 2. The molecule has 0 bridgehead atoms. The van der Waals surface area contributed by atoms with Crippen LogP contribution in [0.15, 0.2) is 29.2 Å². The highest BCUT2D eigenvalue weighted by molar-refractivity contribution is 5.95. The van der Waals surface area contributed by atoms with Gasteiger partial charge in [-0.1, -0.05) is 18.9 Å². The van der Waals surface area contributed by atoms with Gasteiger partial charge in [-0.25, -0.2) is 8.78 Å². The second kappa shape index (κ2) is 10.5. The maximum atomic E-state index is 13.8. The lowest BCUT2D eigenvalue weighted by Crippen LogP contribution is -2.32. The molecule has 1 aliphatic rings. The van der Waals surface area contributed by atoms with Crippen molar-refractivity contribution in [3.05, 3.63) is 63.1 Å². The molecule has 0 radical (unpaired) electrons. The van der Waals surface area contributed by atoms with E-state index in [0.717, 1.165) is 12.6 Å². The fourth-order valence-corrected chi connectivity index (χ4v) is 4.07. The monoisotopic (exact) mass is 447 g/mol. The van der Waals surface area contributed by atoms with Crippen LogP contribution in [-0.2, 0) is 13.1 Å². The highest BCUT2D eigenvalue weighted by Gasteiger charge is 2.21. The minimum absolute atomic E-state index is 0.0438. The van der Waals surface area contributed by atoms with Crippen molar-refractivity contribution >= 4 is 12.2 Å². The number of carbonyl (C=O) groups excluding carboxylic acids is 2. The van der Waals surface area contributed by atoms with E-state index in [1.165, 1.54) is 42.5 Å². The van der Waals surface area contributed by atoms with E-state index in [0.29, 0.717) is 24.8 Å². The van der Waals surface area contributed by atoms with Crippen LogP contribution in [0.4, 0.5) is 8.78 Å². The van der Waals surface area contributed by atoms with Crippen molar-refractivity contribution in [1.29, 1.82) is 0 Å². The summed E-state index contributed by atoms with van der Waals surface area (Å²) in [5.41, 5.74) is -1.51. The highest BCUT2D eigenvalue weighted by Crippen LogP contribution is 2.25. The van der Waals surface area contributed by atoms with E-state index in [2.05, 4.69) is 10.2 Å². The Bertz CT molecular complexity index is 1050. The van der Waals surface area contributed by atoms with Gasteiger partial charge in [0.25, 0.3) is 5.91 Å². The molecule has 1 saturated carbocycles. The Balaban J connectivity index is 1.73. The van der Waals surface area contributed by atoms with Gasteiger partial charge in [0.1, 0.15) is 22.9 Å². The van der Waals surface area contributed by atoms with Gasteiger partial charge in [-0.15, -0.1) is 0 Å². The molecule has 1 fully saturated rings. The summed E-state index contributed by atoms with van der Waals surface area (Å²) in [7, 11) is 1.96. The van der Waals surface area contributed by atoms with Crippen LogP contribution in [0.3, 0.4) is 0 Å². The summed E-state index contributed by atoms with van der Waals surface area (Å²) in [6.07, 6.45) is 6.47. The normalized spacial score (nSPS) is 14.1. The van der Waals surface area contributed by atoms with Crippen LogP contribution in [-0.4, -0.2) is 46.9 Å². The first-order chi connectivity index (χ1) is 15.3. The van der Waals surface area contributed by atoms with Gasteiger partial charge in [-0.05, 0) is 31.9 Å². The van der Waals surface area contributed by atoms with Gasteiger partial charge in [0.15, 0.2) is 12.0 Å². The molecular weight excluding hydrogens is 420 g/mol. The maximum absolute atomic E-state index is 13.8. The molecule has 0 saturated heterocycles. The first-order valence-corrected chi connectivity index (χ1v) is 10.6. The zero-order chi connectivity index (χ0) is 23.3. The molecule has 2 aromatic rings. The fraction of sp³-hybridized carbons (Fsp3) is 0.435. The largest absolute Gasteiger partial charge is 0.503 e. The second-order valence-corrected chi connectivity index (χ2v) is 8.25. The molecule has 1 aromatic carbocycles. The van der Waals surface area contributed by atoms with Crippen molar-refractivity contribution < 1.29 is 23.5 Å². The predicted octanol–water partition coefficient (Wildman–Crippen LogP) is 2.70. The number of aromatic nitrogens is 1. The van der Waals surface area contributed by atoms with E-state index in [9.17, 15) is 28.3 Å². The zero-order valence-electron chi connectivity index (χ0n) is 17.9. The van der Waals surface area contributed by atoms with Gasteiger partial charge in [0.05, 0.1) is 0 Å². The molecule has 2 N–H and O–H groups in total. The first-order valence-electron chi connectivity index (χ1n) is 10.6. The Morgan fingerprint density at radius 2 is 2.03 bits per heavy atom. The number of aldehydes is 1. The smallest absolute Gasteiger partial charge is 0.257 e. The zero-order valence-corrected chi connectivity index (χ0v) is 17.9. The Hall–Kier alpha value is -3.07. The molecule has 9 heteroatoms. The van der Waals surface area contributed by atoms with Crippen molar-refractivity contribution in [2.24, 2.45) is 5.92 Å². The molecule has 0 unspecified atom stereocenters. The van der Waals surface area contributed by atoms with E-state index >= 15 is 0 Å². The number of rotatable bonds is 9. The van der Waals surface area contributed by atoms with Gasteiger partial charge in [0.2, 0.25) is 5.43 Å². The lowest BCUT2D eigenvalue weighted by molar-refractivity contribution is 0.0946. The fourth-order valence-electron chi connectivity index (χ4n) is 4.07. The number of pyridine rings is 1. The second-order valence-electron chi connectivity index (χ2n) is 8.25. The summed E-state index contributed by atoms with van der Waals surface area (Å²) in [6.45, 7) is 1.49. The molecule has 0 spiro atoms. The Labute approximate surface area is 184 Å². The van der Waals surface area contributed by atoms with Crippen LogP contribution in [0.25, 0.3) is 0 Å². The minimum atomic E-state index is -0.986. The average molecular weight is 447 g/mol. The van der Waals surface area contributed by atoms with Gasteiger partial charge in [-0.3, -0.25) is 14.4 Å². The molecule has 7 nitrogen and oxygen atoms in total. The van der Waals surface area contributed by atoms with E-state index in [1.807, 2.05) is 7.05 Å². The number of hydrogen-bond donors (Lipinski definition) is 2. The maximum Gasteiger partial charge on any atom is 0.257 e. The topological polar surface area (TPSA) is 91.6 Å². The predicted molar refractivity (Wildman–Crippen MR) is 115 cm³/mol. The average Bonchev–Trinajstić information content (AvgIpc) is 3.26. The number of likely N-dealkylation sites (N-methyl/N-ethyl adjacent to an activating group) is 1. The van der Waals surface area contributed by atoms with Crippen LogP contribution in [0, 0.1) is 17.6 Å². The van der Waals surface area contributed by atoms with Crippen molar-refractivity contribution in [3.8, 4) is 5.75 Å². The summed E-state index contributed by atoms with van der Waals surface area (Å²) >= 11 is 0. The molecule has 1 amide bonds. The van der Waals surface area contributed by atoms with E-state index < -0.39 is 28.7 Å². The van der Waals surface area contributed by atoms with E-state index in [-0.39, 0.29) is 29.9 Å². The van der Waals surface area contributed by atoms with Crippen LogP contribution < -0.4 is 10.7 Å². The number of nitrogens with one attached hydrogen (secondary N) is 1. The minimum Gasteiger partial charge on any atom is -0.503 e. The number of nitrogens with zero attached hydrogens (tertiary/aromatic N) is 2. The number of aromatic hydroxyl groups is 1. The molecule has 1 aromatic heterocycles. The van der Waals surface area contributed by atoms with Crippen LogP contribution in [0.1, 0.15) is 52.1 Å². The Morgan fingerprint density at radius 1 is 1.31 bits per heavy atom. The first kappa shape index (κ1) is 23.6. The van der Waals surface area contributed by atoms with Crippen LogP contribution in [0.2, 0.25) is 0 Å². The molecule has 0 aliphatic heterocycles. The highest BCUT2D eigenvalue weighted by atomic mass is 19.1. The third-order valence-corrected chi connectivity index (χ3v) is 5.87. The lowest BCUT2D eigenvalue weighted by atomic mass is 10.1. The number of benzene rings is 1. The van der Waals surface area contributed by atoms with Gasteiger partial charge >= 0.3 is 0 Å². The van der Waals surface area contributed by atoms with Crippen molar-refractivity contribution in [2.45, 2.75) is 38.8 Å². The van der Waals surface area contributed by atoms with Crippen molar-refractivity contribution in [3.63, 3.8) is 0 Å². The summed E-state index contributed by atoms with van der Waals surface area (Å²) in [6, 6.07) is 2.95.